The van der Waals surface area contributed by atoms with Gasteiger partial charge in [0.2, 0.25) is 0 Å². The highest BCUT2D eigenvalue weighted by Gasteiger charge is 2.69. The number of phenols is 1. The second-order valence-corrected chi connectivity index (χ2v) is 27.7. The van der Waals surface area contributed by atoms with Crippen LogP contribution in [0.3, 0.4) is 0 Å². The summed E-state index contributed by atoms with van der Waals surface area (Å²) in [7, 11) is 2.05. The number of fused-ring (bicyclic) bond motifs is 5. The van der Waals surface area contributed by atoms with Gasteiger partial charge in [-0.15, -0.1) is 0 Å². The van der Waals surface area contributed by atoms with Crippen LogP contribution in [-0.2, 0) is 45.0 Å². The molecule has 15 rings (SSSR count). The molecule has 4 aromatic rings. The predicted octanol–water partition coefficient (Wildman–Crippen LogP) is 11.3. The Bertz CT molecular complexity index is 3460. The van der Waals surface area contributed by atoms with E-state index < -0.39 is 11.0 Å². The van der Waals surface area contributed by atoms with Gasteiger partial charge in [0.25, 0.3) is 0 Å². The number of hydrogen-bond donors (Lipinski definition) is 8. The van der Waals surface area contributed by atoms with E-state index in [1.807, 2.05) is 32.2 Å². The highest BCUT2D eigenvalue weighted by molar-refractivity contribution is 6.07. The summed E-state index contributed by atoms with van der Waals surface area (Å²) >= 11 is 0. The first kappa shape index (κ1) is 59.8. The Kier molecular flexibility index (Phi) is 17.2. The molecule has 11 aliphatic rings. The van der Waals surface area contributed by atoms with Crippen molar-refractivity contribution in [2.75, 3.05) is 39.8 Å². The zero-order valence-corrected chi connectivity index (χ0v) is 51.6. The van der Waals surface area contributed by atoms with Crippen LogP contribution in [0.4, 0.5) is 0 Å². The van der Waals surface area contributed by atoms with E-state index in [0.29, 0.717) is 67.4 Å². The lowest BCUT2D eigenvalue weighted by molar-refractivity contribution is -0.135. The van der Waals surface area contributed by atoms with E-state index in [1.165, 1.54) is 22.3 Å². The maximum absolute atomic E-state index is 15.5. The minimum absolute atomic E-state index is 0.00631. The van der Waals surface area contributed by atoms with E-state index in [9.17, 15) is 15.3 Å². The van der Waals surface area contributed by atoms with Gasteiger partial charge in [0.05, 0.1) is 29.4 Å². The summed E-state index contributed by atoms with van der Waals surface area (Å²) in [6.45, 7) is 10.5. The molecule has 12 nitrogen and oxygen atoms in total. The number of carbonyl (C=O) groups is 2. The Balaban J connectivity index is 1.000. The third kappa shape index (κ3) is 11.5. The zero-order chi connectivity index (χ0) is 60.0. The third-order valence-electron chi connectivity index (χ3n) is 22.2. The number of esters is 2. The standard InChI is InChI=1S/C75H91N5O7/c1-5-28-77-43-51-32-48-23-29-78-42-49-14-10-16-52(34-49)57-18-17-56(82)39-61(57)66-58-21-27-75(64(87-72(84)69(66)75)37-46(6-2)31-47-12-8-7-9-13-47)68-59(58)19-20-60-63(86-71(83)67(60)68)22-26-74(55-24-30-79-65(38-55)76-4)40-54-35-50(44-81)15-11-25-73(3,85)45-80-70(62(54)41-74)53(33-48)36-51/h7-10,12-14,16-18,22,32-34,36-37,39,46,50,54-55,58-59,62,65,68,70,76-82,85H,5-6,19-21,23-31,35,38,40-45H2,1-4H3/b63-22-,64-37-/t46-,50+,54-,55-,58-,59+,62-,65+,68-,70+,73+,74+,75-/m1/s1. The van der Waals surface area contributed by atoms with E-state index in [0.717, 1.165) is 130 Å². The molecule has 4 fully saturated rings. The topological polar surface area (TPSA) is 173 Å². The van der Waals surface area contributed by atoms with E-state index in [2.05, 4.69) is 131 Å². The normalized spacial score (nSPS) is 33.5. The van der Waals surface area contributed by atoms with Crippen LogP contribution in [0.5, 0.6) is 5.75 Å². The largest absolute Gasteiger partial charge is 0.508 e. The quantitative estimate of drug-likeness (QED) is 0.0406. The average molecular weight is 1170 g/mol. The minimum Gasteiger partial charge on any atom is -0.508 e. The van der Waals surface area contributed by atoms with Gasteiger partial charge >= 0.3 is 11.9 Å². The van der Waals surface area contributed by atoms with Crippen LogP contribution in [0.25, 0.3) is 16.7 Å². The van der Waals surface area contributed by atoms with Gasteiger partial charge in [0.1, 0.15) is 17.3 Å². The Morgan fingerprint density at radius 2 is 1.72 bits per heavy atom. The number of benzene rings is 4. The van der Waals surface area contributed by atoms with Crippen molar-refractivity contribution in [1.82, 2.24) is 26.6 Å². The van der Waals surface area contributed by atoms with Crippen LogP contribution >= 0.6 is 0 Å². The molecule has 12 heteroatoms. The third-order valence-corrected chi connectivity index (χ3v) is 22.2. The van der Waals surface area contributed by atoms with Crippen molar-refractivity contribution in [3.63, 3.8) is 0 Å². The molecule has 13 atom stereocenters. The van der Waals surface area contributed by atoms with Crippen LogP contribution in [0.15, 0.2) is 131 Å². The number of hydrogen-bond acceptors (Lipinski definition) is 12. The summed E-state index contributed by atoms with van der Waals surface area (Å²) in [5.74, 6) is 7.65. The summed E-state index contributed by atoms with van der Waals surface area (Å²) in [5.41, 5.74) is 9.92. The molecule has 14 bridgehead atoms. The van der Waals surface area contributed by atoms with Crippen molar-refractivity contribution in [3.8, 4) is 28.7 Å². The second kappa shape index (κ2) is 25.0. The fourth-order valence-corrected chi connectivity index (χ4v) is 18.2. The Morgan fingerprint density at radius 3 is 2.55 bits per heavy atom. The van der Waals surface area contributed by atoms with Gasteiger partial charge in [0.15, 0.2) is 0 Å². The molecule has 87 heavy (non-hydrogen) atoms. The molecular formula is C75H91N5O7. The van der Waals surface area contributed by atoms with Crippen molar-refractivity contribution in [2.24, 2.45) is 58.2 Å². The van der Waals surface area contributed by atoms with Crippen LogP contribution in [0.2, 0.25) is 0 Å². The zero-order valence-electron chi connectivity index (χ0n) is 51.6. The SMILES string of the molecule is CCCNCc1cc2cc(c1)[C@@H]1NC[C@@](C)(O)CC#C[C@H](CO)C[C@@H]3C[C@@]([C@@H]4CCN[C@H](NC)C4)(C/C=C4\OC(=O)C5=C4CC[C@H]4[C@H]6CC[C@]7(C(=C6c6cc(O)ccc6-c6cccc(c6)CNCC2)C(=O)O/C7=C\[C@H](CC)Cc2ccccc2)[C@@H]54)C[C@H]31. The van der Waals surface area contributed by atoms with E-state index in [4.69, 9.17) is 9.47 Å². The number of allylic oxidation sites excluding steroid dienone is 5. The van der Waals surface area contributed by atoms with Crippen LogP contribution in [0, 0.1) is 70.0 Å². The molecule has 0 radical (unpaired) electrons. The summed E-state index contributed by atoms with van der Waals surface area (Å²) in [4.78, 5) is 30.9. The van der Waals surface area contributed by atoms with Crippen LogP contribution < -0.4 is 26.6 Å². The van der Waals surface area contributed by atoms with E-state index in [-0.39, 0.29) is 83.3 Å². The van der Waals surface area contributed by atoms with Crippen molar-refractivity contribution in [1.29, 1.82) is 0 Å². The van der Waals surface area contributed by atoms with Crippen molar-refractivity contribution < 1.29 is 34.4 Å². The summed E-state index contributed by atoms with van der Waals surface area (Å²) in [6.07, 6.45) is 16.6. The summed E-state index contributed by atoms with van der Waals surface area (Å²) in [6, 6.07) is 31.9. The first-order chi connectivity index (χ1) is 42.3. The van der Waals surface area contributed by atoms with Crippen molar-refractivity contribution in [2.45, 2.75) is 148 Å². The van der Waals surface area contributed by atoms with Crippen molar-refractivity contribution in [3.05, 3.63) is 165 Å². The monoisotopic (exact) mass is 1170 g/mol. The minimum atomic E-state index is -1.10. The smallest absolute Gasteiger partial charge is 0.340 e. The molecule has 8 N–H and O–H groups in total. The maximum Gasteiger partial charge on any atom is 0.340 e. The highest BCUT2D eigenvalue weighted by atomic mass is 16.6. The lowest BCUT2D eigenvalue weighted by Gasteiger charge is -2.56. The number of aromatic hydroxyl groups is 1. The Labute approximate surface area is 515 Å². The predicted molar refractivity (Wildman–Crippen MR) is 341 cm³/mol. The lowest BCUT2D eigenvalue weighted by Crippen LogP contribution is -2.52. The Hall–Kier alpha value is -6.14. The second-order valence-electron chi connectivity index (χ2n) is 27.7. The molecule has 6 aliphatic heterocycles. The number of piperidine rings is 1. The number of rotatable bonds is 11. The lowest BCUT2D eigenvalue weighted by atomic mass is 9.44. The fraction of sp³-hybridized carbons (Fsp3) is 0.520. The molecule has 6 heterocycles. The number of carbonyl (C=O) groups excluding carboxylic acids is 2. The molecule has 5 aliphatic carbocycles. The first-order valence-corrected chi connectivity index (χ1v) is 33.1. The maximum atomic E-state index is 15.5. The van der Waals surface area contributed by atoms with Gasteiger partial charge < -0.3 is 51.4 Å². The summed E-state index contributed by atoms with van der Waals surface area (Å²) in [5, 5.41) is 53.7. The van der Waals surface area contributed by atoms with Crippen LogP contribution in [-0.4, -0.2) is 78.9 Å². The number of aliphatic hydroxyl groups excluding tert-OH is 1. The summed E-state index contributed by atoms with van der Waals surface area (Å²) < 4.78 is 13.6. The average Bonchev–Trinajstić information content (AvgIpc) is 1.62. The van der Waals surface area contributed by atoms with E-state index >= 15 is 9.59 Å². The number of β-amino-alcohol motifs (C(OH)–C–C–N with tert-alkyl or cyclic N) is 1. The van der Waals surface area contributed by atoms with Gasteiger partial charge in [-0.3, -0.25) is 0 Å². The van der Waals surface area contributed by atoms with Gasteiger partial charge in [-0.1, -0.05) is 98.5 Å². The molecule has 0 unspecified atom stereocenters. The van der Waals surface area contributed by atoms with Gasteiger partial charge in [-0.05, 0) is 245 Å². The van der Waals surface area contributed by atoms with Crippen LogP contribution in [0.1, 0.15) is 144 Å². The number of cyclic esters (lactones) is 1. The molecule has 0 amide bonds. The highest BCUT2D eigenvalue weighted by Crippen LogP contribution is 2.72. The number of nitrogens with one attached hydrogen (secondary N) is 5. The Morgan fingerprint density at radius 1 is 0.851 bits per heavy atom. The van der Waals surface area contributed by atoms with Crippen molar-refractivity contribution >= 4 is 17.5 Å². The molecule has 2 saturated carbocycles. The number of aliphatic hydroxyl groups is 2. The van der Waals surface area contributed by atoms with Gasteiger partial charge in [-0.25, -0.2) is 9.59 Å². The molecule has 4 aromatic carbocycles. The molecular weight excluding hydrogens is 1080 g/mol. The molecule has 458 valence electrons. The number of ether oxygens (including phenoxy) is 2. The number of phenolic OH excluding ortho intramolecular Hbond substituents is 1. The molecule has 1 spiro atoms. The first-order valence-electron chi connectivity index (χ1n) is 33.1. The van der Waals surface area contributed by atoms with Gasteiger partial charge in [0, 0.05) is 55.1 Å². The fourth-order valence-electron chi connectivity index (χ4n) is 18.2. The molecule has 2 saturated heterocycles. The van der Waals surface area contributed by atoms with Gasteiger partial charge in [-0.2, -0.15) is 0 Å². The molecule has 0 aromatic heterocycles. The van der Waals surface area contributed by atoms with E-state index in [1.54, 1.807) is 6.07 Å².